The number of carbonyl (C=O) groups excluding carboxylic acids is 1. The monoisotopic (exact) mass is 319 g/mol. The van der Waals surface area contributed by atoms with Gasteiger partial charge in [-0.25, -0.2) is 4.79 Å². The molecule has 22 heavy (non-hydrogen) atoms. The maximum atomic E-state index is 12.4. The number of nitrogens with zero attached hydrogens (tertiary/aromatic N) is 2. The summed E-state index contributed by atoms with van der Waals surface area (Å²) in [4.78, 5) is 14.3. The number of aromatic nitrogens is 1. The number of urea groups is 1. The maximum absolute atomic E-state index is 12.4. The lowest BCUT2D eigenvalue weighted by atomic mass is 10.0. The Kier molecular flexibility index (Phi) is 4.34. The van der Waals surface area contributed by atoms with Crippen LogP contribution >= 0.6 is 11.6 Å². The second-order valence-corrected chi connectivity index (χ2v) is 5.95. The highest BCUT2D eigenvalue weighted by atomic mass is 35.5. The number of halogens is 1. The summed E-state index contributed by atoms with van der Waals surface area (Å²) in [6.45, 7) is 2.54. The fraction of sp³-hybridized carbons (Fsp3) is 0.375. The Hall–Kier alpha value is -2.01. The molecule has 1 N–H and O–H groups in total. The fourth-order valence-corrected chi connectivity index (χ4v) is 3.05. The number of aryl methyl sites for hydroxylation is 1. The first-order valence-electron chi connectivity index (χ1n) is 7.38. The molecule has 0 saturated carbocycles. The van der Waals surface area contributed by atoms with Gasteiger partial charge in [-0.05, 0) is 37.8 Å². The van der Waals surface area contributed by atoms with E-state index in [2.05, 4.69) is 10.5 Å². The minimum absolute atomic E-state index is 0.136. The highest BCUT2D eigenvalue weighted by molar-refractivity contribution is 6.31. The van der Waals surface area contributed by atoms with Gasteiger partial charge >= 0.3 is 6.03 Å². The number of hydrogen-bond acceptors (Lipinski definition) is 3. The molecule has 116 valence electrons. The molecule has 1 aliphatic heterocycles. The third kappa shape index (κ3) is 3.25. The Labute approximate surface area is 134 Å². The Balaban J connectivity index is 1.67. The SMILES string of the molecule is Cc1cc(NC(=O)N2CCC[C@H]2Cc2ccccc2Cl)no1. The Morgan fingerprint density at radius 3 is 3.05 bits per heavy atom. The molecule has 1 aliphatic rings. The molecule has 3 rings (SSSR count). The molecule has 2 heterocycles. The molecular formula is C16H18ClN3O2. The van der Waals surface area contributed by atoms with Crippen LogP contribution in [0.1, 0.15) is 24.2 Å². The number of benzene rings is 1. The molecule has 0 aliphatic carbocycles. The summed E-state index contributed by atoms with van der Waals surface area (Å²) < 4.78 is 4.97. The normalized spacial score (nSPS) is 17.7. The molecule has 2 aromatic rings. The van der Waals surface area contributed by atoms with Crippen molar-refractivity contribution < 1.29 is 9.32 Å². The van der Waals surface area contributed by atoms with Crippen molar-refractivity contribution >= 4 is 23.4 Å². The number of likely N-dealkylation sites (tertiary alicyclic amines) is 1. The highest BCUT2D eigenvalue weighted by Gasteiger charge is 2.29. The van der Waals surface area contributed by atoms with E-state index in [4.69, 9.17) is 16.1 Å². The first kappa shape index (κ1) is 14.9. The molecule has 2 amide bonds. The fourth-order valence-electron chi connectivity index (χ4n) is 2.84. The van der Waals surface area contributed by atoms with Gasteiger partial charge < -0.3 is 9.42 Å². The van der Waals surface area contributed by atoms with Crippen LogP contribution in [0.5, 0.6) is 0 Å². The lowest BCUT2D eigenvalue weighted by molar-refractivity contribution is 0.206. The van der Waals surface area contributed by atoms with E-state index in [1.165, 1.54) is 0 Å². The number of hydrogen-bond donors (Lipinski definition) is 1. The van der Waals surface area contributed by atoms with E-state index in [0.717, 1.165) is 36.4 Å². The number of amides is 2. The quantitative estimate of drug-likeness (QED) is 0.934. The van der Waals surface area contributed by atoms with E-state index >= 15 is 0 Å². The van der Waals surface area contributed by atoms with Crippen molar-refractivity contribution in [3.63, 3.8) is 0 Å². The van der Waals surface area contributed by atoms with E-state index in [9.17, 15) is 4.79 Å². The first-order chi connectivity index (χ1) is 10.6. The van der Waals surface area contributed by atoms with Crippen molar-refractivity contribution in [2.45, 2.75) is 32.2 Å². The van der Waals surface area contributed by atoms with E-state index in [1.807, 2.05) is 29.2 Å². The predicted molar refractivity (Wildman–Crippen MR) is 85.1 cm³/mol. The van der Waals surface area contributed by atoms with Gasteiger partial charge in [0.2, 0.25) is 0 Å². The molecule has 1 aromatic carbocycles. The summed E-state index contributed by atoms with van der Waals surface area (Å²) in [5.41, 5.74) is 1.08. The van der Waals surface area contributed by atoms with Gasteiger partial charge in [0.25, 0.3) is 0 Å². The summed E-state index contributed by atoms with van der Waals surface area (Å²) in [7, 11) is 0. The summed E-state index contributed by atoms with van der Waals surface area (Å²) in [6, 6.07) is 9.51. The lowest BCUT2D eigenvalue weighted by Crippen LogP contribution is -2.39. The van der Waals surface area contributed by atoms with Gasteiger partial charge in [-0.1, -0.05) is 35.0 Å². The first-order valence-corrected chi connectivity index (χ1v) is 7.75. The summed E-state index contributed by atoms with van der Waals surface area (Å²) in [5, 5.41) is 7.33. The van der Waals surface area contributed by atoms with Gasteiger partial charge in [0.05, 0.1) is 0 Å². The van der Waals surface area contributed by atoms with Gasteiger partial charge in [0.15, 0.2) is 5.82 Å². The lowest BCUT2D eigenvalue weighted by Gasteiger charge is -2.24. The van der Waals surface area contributed by atoms with Crippen molar-refractivity contribution in [3.8, 4) is 0 Å². The van der Waals surface area contributed by atoms with Gasteiger partial charge in [-0.3, -0.25) is 5.32 Å². The Morgan fingerprint density at radius 2 is 2.32 bits per heavy atom. The summed E-state index contributed by atoms with van der Waals surface area (Å²) in [5.74, 6) is 1.12. The molecule has 1 saturated heterocycles. The highest BCUT2D eigenvalue weighted by Crippen LogP contribution is 2.25. The van der Waals surface area contributed by atoms with Crippen molar-refractivity contribution in [2.24, 2.45) is 0 Å². The molecule has 5 nitrogen and oxygen atoms in total. The zero-order valence-electron chi connectivity index (χ0n) is 12.4. The zero-order chi connectivity index (χ0) is 15.5. The smallest absolute Gasteiger partial charge is 0.323 e. The van der Waals surface area contributed by atoms with Crippen LogP contribution in [-0.2, 0) is 6.42 Å². The van der Waals surface area contributed by atoms with Crippen LogP contribution in [0, 0.1) is 6.92 Å². The van der Waals surface area contributed by atoms with Crippen molar-refractivity contribution in [1.82, 2.24) is 10.1 Å². The van der Waals surface area contributed by atoms with Crippen molar-refractivity contribution in [2.75, 3.05) is 11.9 Å². The van der Waals surface area contributed by atoms with Gasteiger partial charge in [-0.2, -0.15) is 0 Å². The van der Waals surface area contributed by atoms with Crippen LogP contribution in [0.2, 0.25) is 5.02 Å². The zero-order valence-corrected chi connectivity index (χ0v) is 13.1. The average Bonchev–Trinajstić information content (AvgIpc) is 3.10. The number of carbonyl (C=O) groups is 1. The van der Waals surface area contributed by atoms with E-state index in [1.54, 1.807) is 13.0 Å². The maximum Gasteiger partial charge on any atom is 0.323 e. The molecular weight excluding hydrogens is 302 g/mol. The minimum Gasteiger partial charge on any atom is -0.360 e. The second-order valence-electron chi connectivity index (χ2n) is 5.54. The van der Waals surface area contributed by atoms with Crippen molar-refractivity contribution in [1.29, 1.82) is 0 Å². The largest absolute Gasteiger partial charge is 0.360 e. The molecule has 0 unspecified atom stereocenters. The van der Waals surface area contributed by atoms with E-state index < -0.39 is 0 Å². The van der Waals surface area contributed by atoms with Crippen LogP contribution in [-0.4, -0.2) is 28.7 Å². The summed E-state index contributed by atoms with van der Waals surface area (Å²) >= 11 is 6.22. The van der Waals surface area contributed by atoms with Crippen LogP contribution in [0.25, 0.3) is 0 Å². The molecule has 1 fully saturated rings. The van der Waals surface area contributed by atoms with E-state index in [0.29, 0.717) is 11.6 Å². The topological polar surface area (TPSA) is 58.4 Å². The number of anilines is 1. The number of nitrogens with one attached hydrogen (secondary N) is 1. The molecule has 1 aromatic heterocycles. The van der Waals surface area contributed by atoms with Crippen molar-refractivity contribution in [3.05, 3.63) is 46.7 Å². The Morgan fingerprint density at radius 1 is 1.50 bits per heavy atom. The number of rotatable bonds is 3. The minimum atomic E-state index is -0.136. The predicted octanol–water partition coefficient (Wildman–Crippen LogP) is 3.88. The third-order valence-corrected chi connectivity index (χ3v) is 4.28. The summed E-state index contributed by atoms with van der Waals surface area (Å²) in [6.07, 6.45) is 2.75. The van der Waals surface area contributed by atoms with Crippen LogP contribution < -0.4 is 5.32 Å². The molecule has 1 atom stereocenters. The molecule has 6 heteroatoms. The van der Waals surface area contributed by atoms with Crippen LogP contribution in [0.4, 0.5) is 10.6 Å². The van der Waals surface area contributed by atoms with E-state index in [-0.39, 0.29) is 12.1 Å². The van der Waals surface area contributed by atoms with Gasteiger partial charge in [0, 0.05) is 23.7 Å². The Bertz CT molecular complexity index is 671. The average molecular weight is 320 g/mol. The molecule has 0 radical (unpaired) electrons. The van der Waals surface area contributed by atoms with Crippen LogP contribution in [0.15, 0.2) is 34.9 Å². The third-order valence-electron chi connectivity index (χ3n) is 3.91. The van der Waals surface area contributed by atoms with Gasteiger partial charge in [0.1, 0.15) is 5.76 Å². The second kappa shape index (κ2) is 6.40. The van der Waals surface area contributed by atoms with Crippen LogP contribution in [0.3, 0.4) is 0 Å². The standard InChI is InChI=1S/C16H18ClN3O2/c1-11-9-15(19-22-11)18-16(21)20-8-4-6-13(20)10-12-5-2-3-7-14(12)17/h2-3,5,7,9,13H,4,6,8,10H2,1H3,(H,18,19,21)/t13-/m0/s1. The van der Waals surface area contributed by atoms with Gasteiger partial charge in [-0.15, -0.1) is 0 Å². The molecule has 0 spiro atoms. The molecule has 0 bridgehead atoms.